The highest BCUT2D eigenvalue weighted by atomic mass is 16.1. The Morgan fingerprint density at radius 1 is 1.27 bits per heavy atom. The smallest absolute Gasteiger partial charge is 0.303 e. The zero-order valence-corrected chi connectivity index (χ0v) is 8.93. The summed E-state index contributed by atoms with van der Waals surface area (Å²) in [5.41, 5.74) is -0.140. The third-order valence-corrected chi connectivity index (χ3v) is 2.85. The van der Waals surface area contributed by atoms with Crippen molar-refractivity contribution < 1.29 is 0 Å². The first kappa shape index (κ1) is 10.4. The predicted octanol–water partition coefficient (Wildman–Crippen LogP) is 0.729. The number of aryl methyl sites for hydroxylation is 1. The summed E-state index contributed by atoms with van der Waals surface area (Å²) in [5, 5.41) is 0. The van der Waals surface area contributed by atoms with Crippen molar-refractivity contribution >= 4 is 0 Å². The van der Waals surface area contributed by atoms with Crippen molar-refractivity contribution in [1.82, 2.24) is 14.5 Å². The lowest BCUT2D eigenvalue weighted by atomic mass is 10.4. The molecule has 0 amide bonds. The summed E-state index contributed by atoms with van der Waals surface area (Å²) >= 11 is 0. The Morgan fingerprint density at radius 3 is 2.80 bits per heavy atom. The lowest BCUT2D eigenvalue weighted by molar-refractivity contribution is 0.324. The van der Waals surface area contributed by atoms with Crippen molar-refractivity contribution in [3.05, 3.63) is 28.9 Å². The van der Waals surface area contributed by atoms with Crippen LogP contribution >= 0.6 is 0 Å². The number of aromatic nitrogens is 2. The van der Waals surface area contributed by atoms with Gasteiger partial charge in [-0.25, -0.2) is 9.78 Å². The van der Waals surface area contributed by atoms with Gasteiger partial charge in [0.1, 0.15) is 0 Å². The van der Waals surface area contributed by atoms with Crippen LogP contribution in [-0.4, -0.2) is 34.1 Å². The summed E-state index contributed by atoms with van der Waals surface area (Å²) in [7, 11) is 0. The highest BCUT2D eigenvalue weighted by Gasteiger charge is 2.10. The first-order chi connectivity index (χ1) is 7.36. The number of hydrogen-bond acceptors (Lipinski definition) is 3. The van der Waals surface area contributed by atoms with Crippen molar-refractivity contribution in [3.63, 3.8) is 0 Å². The Balaban J connectivity index is 1.78. The molecular weight excluding hydrogens is 190 g/mol. The Kier molecular flexibility index (Phi) is 3.50. The normalized spacial score (nSPS) is 17.1. The molecule has 4 heteroatoms. The zero-order valence-electron chi connectivity index (χ0n) is 8.93. The van der Waals surface area contributed by atoms with E-state index in [1.807, 2.05) is 0 Å². The fraction of sp³-hybridized carbons (Fsp3) is 0.636. The highest BCUT2D eigenvalue weighted by molar-refractivity contribution is 4.80. The Morgan fingerprint density at radius 2 is 2.07 bits per heavy atom. The van der Waals surface area contributed by atoms with Gasteiger partial charge in [0, 0.05) is 18.9 Å². The van der Waals surface area contributed by atoms with Gasteiger partial charge in [0.05, 0.1) is 0 Å². The largest absolute Gasteiger partial charge is 0.347 e. The fourth-order valence-corrected chi connectivity index (χ4v) is 2.03. The van der Waals surface area contributed by atoms with Crippen LogP contribution in [0.15, 0.2) is 23.3 Å². The summed E-state index contributed by atoms with van der Waals surface area (Å²) in [6, 6.07) is 1.80. The van der Waals surface area contributed by atoms with E-state index in [9.17, 15) is 4.79 Å². The van der Waals surface area contributed by atoms with E-state index in [-0.39, 0.29) is 5.69 Å². The van der Waals surface area contributed by atoms with Crippen molar-refractivity contribution in [2.24, 2.45) is 0 Å². The average Bonchev–Trinajstić information content (AvgIpc) is 2.74. The first-order valence-corrected chi connectivity index (χ1v) is 5.60. The minimum absolute atomic E-state index is 0.140. The molecule has 2 rings (SSSR count). The molecule has 1 fully saturated rings. The van der Waals surface area contributed by atoms with E-state index in [0.29, 0.717) is 0 Å². The molecule has 4 nitrogen and oxygen atoms in total. The third kappa shape index (κ3) is 2.89. The molecule has 15 heavy (non-hydrogen) atoms. The molecule has 0 atom stereocenters. The summed E-state index contributed by atoms with van der Waals surface area (Å²) < 4.78 is 1.68. The number of hydrogen-bond donors (Lipinski definition) is 0. The average molecular weight is 207 g/mol. The van der Waals surface area contributed by atoms with E-state index in [4.69, 9.17) is 0 Å². The molecule has 1 aliphatic heterocycles. The molecule has 2 heterocycles. The number of rotatable bonds is 4. The van der Waals surface area contributed by atoms with Crippen LogP contribution in [0.1, 0.15) is 19.3 Å². The van der Waals surface area contributed by atoms with Crippen LogP contribution in [0, 0.1) is 0 Å². The van der Waals surface area contributed by atoms with Gasteiger partial charge in [-0.3, -0.25) is 4.57 Å². The molecule has 0 aromatic carbocycles. The third-order valence-electron chi connectivity index (χ3n) is 2.85. The first-order valence-electron chi connectivity index (χ1n) is 5.60. The monoisotopic (exact) mass is 207 g/mol. The Bertz CT molecular complexity index is 355. The van der Waals surface area contributed by atoms with E-state index in [2.05, 4.69) is 9.88 Å². The van der Waals surface area contributed by atoms with Gasteiger partial charge in [-0.15, -0.1) is 0 Å². The molecular formula is C11H17N3O. The standard InChI is InChI=1S/C11H17N3O/c15-11-12-5-3-9-14(11)10-4-8-13-6-1-2-7-13/h3,5,9H,1-2,4,6-8,10H2. The van der Waals surface area contributed by atoms with Gasteiger partial charge in [0.25, 0.3) is 0 Å². The van der Waals surface area contributed by atoms with Crippen molar-refractivity contribution in [3.8, 4) is 0 Å². The van der Waals surface area contributed by atoms with Crippen molar-refractivity contribution in [1.29, 1.82) is 0 Å². The summed E-state index contributed by atoms with van der Waals surface area (Å²) in [5.74, 6) is 0. The fourth-order valence-electron chi connectivity index (χ4n) is 2.03. The summed E-state index contributed by atoms with van der Waals surface area (Å²) in [4.78, 5) is 17.5. The van der Waals surface area contributed by atoms with Gasteiger partial charge in [0.15, 0.2) is 0 Å². The Hall–Kier alpha value is -1.16. The highest BCUT2D eigenvalue weighted by Crippen LogP contribution is 2.07. The molecule has 0 N–H and O–H groups in total. The molecule has 0 unspecified atom stereocenters. The van der Waals surface area contributed by atoms with Crippen LogP contribution in [0.4, 0.5) is 0 Å². The summed E-state index contributed by atoms with van der Waals surface area (Å²) in [6.07, 6.45) is 7.03. The molecule has 0 bridgehead atoms. The van der Waals surface area contributed by atoms with E-state index < -0.39 is 0 Å². The maximum absolute atomic E-state index is 11.3. The van der Waals surface area contributed by atoms with Crippen LogP contribution in [0.5, 0.6) is 0 Å². The molecule has 1 aromatic rings. The van der Waals surface area contributed by atoms with Gasteiger partial charge in [-0.05, 0) is 45.0 Å². The van der Waals surface area contributed by atoms with Crippen LogP contribution in [0.3, 0.4) is 0 Å². The molecule has 0 spiro atoms. The molecule has 0 radical (unpaired) electrons. The van der Waals surface area contributed by atoms with E-state index in [1.165, 1.54) is 25.9 Å². The maximum Gasteiger partial charge on any atom is 0.347 e. The van der Waals surface area contributed by atoms with E-state index >= 15 is 0 Å². The molecule has 0 aliphatic carbocycles. The summed E-state index contributed by atoms with van der Waals surface area (Å²) in [6.45, 7) is 4.33. The SMILES string of the molecule is O=c1ncccn1CCCN1CCCC1. The van der Waals surface area contributed by atoms with Crippen LogP contribution in [0.25, 0.3) is 0 Å². The molecule has 1 aromatic heterocycles. The van der Waals surface area contributed by atoms with E-state index in [1.54, 1.807) is 23.0 Å². The van der Waals surface area contributed by atoms with Gasteiger partial charge in [0.2, 0.25) is 0 Å². The van der Waals surface area contributed by atoms with Gasteiger partial charge in [-0.1, -0.05) is 0 Å². The van der Waals surface area contributed by atoms with Crippen molar-refractivity contribution in [2.45, 2.75) is 25.8 Å². The Labute approximate surface area is 89.6 Å². The maximum atomic E-state index is 11.3. The predicted molar refractivity (Wildman–Crippen MR) is 58.8 cm³/mol. The quantitative estimate of drug-likeness (QED) is 0.730. The topological polar surface area (TPSA) is 38.1 Å². The van der Waals surface area contributed by atoms with E-state index in [0.717, 1.165) is 19.5 Å². The van der Waals surface area contributed by atoms with Crippen LogP contribution in [0.2, 0.25) is 0 Å². The molecule has 1 saturated heterocycles. The zero-order chi connectivity index (χ0) is 10.5. The lowest BCUT2D eigenvalue weighted by Crippen LogP contribution is -2.25. The lowest BCUT2D eigenvalue weighted by Gasteiger charge is -2.14. The second kappa shape index (κ2) is 5.07. The van der Waals surface area contributed by atoms with Crippen molar-refractivity contribution in [2.75, 3.05) is 19.6 Å². The van der Waals surface area contributed by atoms with Crippen LogP contribution in [-0.2, 0) is 6.54 Å². The number of likely N-dealkylation sites (tertiary alicyclic amines) is 1. The minimum atomic E-state index is -0.140. The molecule has 82 valence electrons. The van der Waals surface area contributed by atoms with Gasteiger partial charge in [-0.2, -0.15) is 0 Å². The van der Waals surface area contributed by atoms with Gasteiger partial charge >= 0.3 is 5.69 Å². The minimum Gasteiger partial charge on any atom is -0.303 e. The molecule has 1 aliphatic rings. The van der Waals surface area contributed by atoms with Gasteiger partial charge < -0.3 is 4.90 Å². The molecule has 0 saturated carbocycles. The number of nitrogens with zero attached hydrogens (tertiary/aromatic N) is 3. The van der Waals surface area contributed by atoms with Crippen LogP contribution < -0.4 is 5.69 Å². The second-order valence-corrected chi connectivity index (χ2v) is 4.00. The second-order valence-electron chi connectivity index (χ2n) is 4.00.